The molecule has 0 aromatic carbocycles. The molecule has 1 N–H and O–H groups in total. The van der Waals surface area contributed by atoms with Gasteiger partial charge in [-0.05, 0) is 6.42 Å². The van der Waals surface area contributed by atoms with Crippen molar-refractivity contribution in [2.24, 2.45) is 0 Å². The molecule has 1 atom stereocenters. The van der Waals surface area contributed by atoms with E-state index in [4.69, 9.17) is 4.55 Å². The van der Waals surface area contributed by atoms with E-state index in [1.54, 1.807) is 0 Å². The summed E-state index contributed by atoms with van der Waals surface area (Å²) in [5, 5.41) is -5.68. The quantitative estimate of drug-likeness (QED) is 0.317. The van der Waals surface area contributed by atoms with E-state index in [0.717, 1.165) is 6.42 Å². The summed E-state index contributed by atoms with van der Waals surface area (Å²) in [6.45, 7) is 1.84. The minimum atomic E-state index is -6.39. The van der Waals surface area contributed by atoms with Crippen molar-refractivity contribution in [2.45, 2.75) is 56.6 Å². The molecule has 0 aliphatic heterocycles. The molecule has 0 saturated heterocycles. The van der Waals surface area contributed by atoms with Crippen molar-refractivity contribution in [3.8, 4) is 0 Å². The Morgan fingerprint density at radius 2 is 1.67 bits per heavy atom. The molecule has 0 aliphatic rings. The first kappa shape index (κ1) is 20.0. The van der Waals surface area contributed by atoms with Gasteiger partial charge < -0.3 is 4.74 Å². The molecule has 21 heavy (non-hydrogen) atoms. The van der Waals surface area contributed by atoms with Crippen molar-refractivity contribution < 1.29 is 44.5 Å². The van der Waals surface area contributed by atoms with E-state index in [1.165, 1.54) is 0 Å². The highest BCUT2D eigenvalue weighted by atomic mass is 32.2. The maximum atomic E-state index is 13.1. The van der Waals surface area contributed by atoms with E-state index in [2.05, 4.69) is 4.74 Å². The zero-order valence-electron chi connectivity index (χ0n) is 11.0. The lowest BCUT2D eigenvalue weighted by atomic mass is 10.1. The van der Waals surface area contributed by atoms with E-state index >= 15 is 0 Å². The molecule has 1 unspecified atom stereocenters. The van der Waals surface area contributed by atoms with Crippen molar-refractivity contribution in [1.82, 2.24) is 0 Å². The molecular weight excluding hydrogens is 327 g/mol. The number of unbranched alkanes of at least 4 members (excludes halogenated alkanes) is 3. The minimum Gasteiger partial charge on any atom is -0.445 e. The number of rotatable bonds is 8. The molecule has 5 nitrogen and oxygen atoms in total. The largest absolute Gasteiger partial charge is 0.445 e. The number of alkyl halides is 5. The van der Waals surface area contributed by atoms with Gasteiger partial charge in [0.1, 0.15) is 0 Å². The summed E-state index contributed by atoms with van der Waals surface area (Å²) in [6, 6.07) is 0. The fourth-order valence-corrected chi connectivity index (χ4v) is 1.80. The lowest BCUT2D eigenvalue weighted by Gasteiger charge is -2.26. The van der Waals surface area contributed by atoms with Crippen LogP contribution in [0.2, 0.25) is 0 Å². The summed E-state index contributed by atoms with van der Waals surface area (Å²) in [4.78, 5) is 11.1. The molecular formula is C10H15F5O5S. The summed E-state index contributed by atoms with van der Waals surface area (Å²) in [6.07, 6.45) is -8.59. The van der Waals surface area contributed by atoms with Crippen molar-refractivity contribution in [2.75, 3.05) is 0 Å². The Morgan fingerprint density at radius 1 is 1.14 bits per heavy atom. The van der Waals surface area contributed by atoms with Gasteiger partial charge in [-0.25, -0.2) is 0 Å². The van der Waals surface area contributed by atoms with Crippen LogP contribution < -0.4 is 0 Å². The Balaban J connectivity index is 4.94. The van der Waals surface area contributed by atoms with E-state index < -0.39 is 40.0 Å². The number of hydrogen-bond donors (Lipinski definition) is 1. The predicted octanol–water partition coefficient (Wildman–Crippen LogP) is 2.91. The van der Waals surface area contributed by atoms with Crippen LogP contribution in [0.4, 0.5) is 22.0 Å². The second-order valence-electron chi connectivity index (χ2n) is 4.26. The number of hydrogen-bond acceptors (Lipinski definition) is 4. The number of carbonyl (C=O) groups excluding carboxylic acids is 1. The minimum absolute atomic E-state index is 0.120. The normalized spacial score (nSPS) is 14.8. The van der Waals surface area contributed by atoms with Crippen molar-refractivity contribution in [1.29, 1.82) is 0 Å². The monoisotopic (exact) mass is 342 g/mol. The Kier molecular flexibility index (Phi) is 7.00. The molecule has 11 heteroatoms. The first-order valence-electron chi connectivity index (χ1n) is 5.95. The SMILES string of the molecule is CCCCCCC(=O)OC(C(F)(F)F)C(F)(F)S(=O)(=O)O. The number of esters is 1. The first-order valence-corrected chi connectivity index (χ1v) is 7.39. The van der Waals surface area contributed by atoms with Crippen LogP contribution in [0.3, 0.4) is 0 Å². The maximum absolute atomic E-state index is 13.1. The fourth-order valence-electron chi connectivity index (χ4n) is 1.35. The van der Waals surface area contributed by atoms with Gasteiger partial charge in [0.25, 0.3) is 6.10 Å². The van der Waals surface area contributed by atoms with E-state index in [1.807, 2.05) is 6.92 Å². The molecule has 0 aromatic rings. The molecule has 126 valence electrons. The molecule has 0 saturated carbocycles. The third-order valence-corrected chi connectivity index (χ3v) is 3.33. The Bertz CT molecular complexity index is 445. The predicted molar refractivity (Wildman–Crippen MR) is 61.2 cm³/mol. The maximum Gasteiger partial charge on any atom is 0.432 e. The van der Waals surface area contributed by atoms with Crippen LogP contribution in [0, 0.1) is 0 Å². The highest BCUT2D eigenvalue weighted by Gasteiger charge is 2.65. The zero-order valence-corrected chi connectivity index (χ0v) is 11.8. The highest BCUT2D eigenvalue weighted by molar-refractivity contribution is 7.86. The molecule has 0 radical (unpaired) electrons. The first-order chi connectivity index (χ1) is 9.34. The Hall–Kier alpha value is -0.970. The van der Waals surface area contributed by atoms with Gasteiger partial charge in [-0.15, -0.1) is 0 Å². The van der Waals surface area contributed by atoms with Crippen molar-refractivity contribution in [3.63, 3.8) is 0 Å². The fraction of sp³-hybridized carbons (Fsp3) is 0.900. The molecule has 0 amide bonds. The summed E-state index contributed by atoms with van der Waals surface area (Å²) < 4.78 is 95.7. The molecule has 0 aliphatic carbocycles. The highest BCUT2D eigenvalue weighted by Crippen LogP contribution is 2.38. The summed E-state index contributed by atoms with van der Waals surface area (Å²) >= 11 is 0. The standard InChI is InChI=1S/C10H15F5O5S/c1-2-3-4-5-6-7(16)20-8(9(11,12)13)10(14,15)21(17,18)19/h8H,2-6H2,1H3,(H,17,18,19). The van der Waals surface area contributed by atoms with Crippen molar-refractivity contribution >= 4 is 16.1 Å². The number of carbonyl (C=O) groups is 1. The third kappa shape index (κ3) is 6.12. The molecule has 0 bridgehead atoms. The smallest absolute Gasteiger partial charge is 0.432 e. The average Bonchev–Trinajstić information content (AvgIpc) is 2.28. The average molecular weight is 342 g/mol. The van der Waals surface area contributed by atoms with Gasteiger partial charge in [0, 0.05) is 6.42 Å². The molecule has 0 heterocycles. The number of halogens is 5. The Labute approximate surface area is 118 Å². The topological polar surface area (TPSA) is 80.7 Å². The van der Waals surface area contributed by atoms with Gasteiger partial charge >= 0.3 is 27.5 Å². The lowest BCUT2D eigenvalue weighted by molar-refractivity contribution is -0.259. The van der Waals surface area contributed by atoms with Gasteiger partial charge in [-0.3, -0.25) is 9.35 Å². The second kappa shape index (κ2) is 7.34. The van der Waals surface area contributed by atoms with Crippen LogP contribution >= 0.6 is 0 Å². The van der Waals surface area contributed by atoms with Gasteiger partial charge in [-0.1, -0.05) is 26.2 Å². The Morgan fingerprint density at radius 3 is 2.05 bits per heavy atom. The van der Waals surface area contributed by atoms with Crippen LogP contribution in [0.5, 0.6) is 0 Å². The summed E-state index contributed by atoms with van der Waals surface area (Å²) in [5.41, 5.74) is 0. The van der Waals surface area contributed by atoms with Crippen LogP contribution in [-0.2, 0) is 19.6 Å². The lowest BCUT2D eigenvalue weighted by Crippen LogP contribution is -2.52. The number of ether oxygens (including phenoxy) is 1. The van der Waals surface area contributed by atoms with Gasteiger partial charge in [0.05, 0.1) is 0 Å². The van der Waals surface area contributed by atoms with Gasteiger partial charge in [0.2, 0.25) is 0 Å². The van der Waals surface area contributed by atoms with Gasteiger partial charge in [-0.2, -0.15) is 30.4 Å². The van der Waals surface area contributed by atoms with Crippen LogP contribution in [0.1, 0.15) is 39.0 Å². The summed E-state index contributed by atoms with van der Waals surface area (Å²) in [7, 11) is -6.39. The molecule has 0 rings (SSSR count). The zero-order chi connectivity index (χ0) is 16.9. The van der Waals surface area contributed by atoms with E-state index in [9.17, 15) is 35.2 Å². The van der Waals surface area contributed by atoms with E-state index in [0.29, 0.717) is 12.8 Å². The van der Waals surface area contributed by atoms with E-state index in [-0.39, 0.29) is 6.42 Å². The van der Waals surface area contributed by atoms with Crippen molar-refractivity contribution in [3.05, 3.63) is 0 Å². The third-order valence-electron chi connectivity index (χ3n) is 2.43. The van der Waals surface area contributed by atoms with Gasteiger partial charge in [0.15, 0.2) is 0 Å². The molecule has 0 aromatic heterocycles. The van der Waals surface area contributed by atoms with Crippen LogP contribution in [-0.4, -0.2) is 36.5 Å². The second-order valence-corrected chi connectivity index (χ2v) is 5.75. The molecule has 0 fully saturated rings. The van der Waals surface area contributed by atoms with Crippen LogP contribution in [0.15, 0.2) is 0 Å². The molecule has 0 spiro atoms. The van der Waals surface area contributed by atoms with Crippen LogP contribution in [0.25, 0.3) is 0 Å². The summed E-state index contributed by atoms with van der Waals surface area (Å²) in [5.74, 6) is -1.61.